The van der Waals surface area contributed by atoms with Crippen molar-refractivity contribution in [3.05, 3.63) is 141 Å². The van der Waals surface area contributed by atoms with Crippen molar-refractivity contribution in [1.82, 2.24) is 0 Å². The molecule has 1 aliphatic carbocycles. The quantitative estimate of drug-likeness (QED) is 0.192. The van der Waals surface area contributed by atoms with Crippen molar-refractivity contribution in [3.8, 4) is 22.3 Å². The van der Waals surface area contributed by atoms with Crippen LogP contribution in [0.2, 0.25) is 0 Å². The number of aromatic carboxylic acids is 1. The second-order valence-corrected chi connectivity index (χ2v) is 14.7. The average molecular weight is 749 g/mol. The molecule has 0 spiro atoms. The summed E-state index contributed by atoms with van der Waals surface area (Å²) >= 11 is 10.3. The van der Waals surface area contributed by atoms with Crippen LogP contribution < -0.4 is 0 Å². The minimum absolute atomic E-state index is 0.130. The first-order valence-electron chi connectivity index (χ1n) is 14.1. The number of carbonyl (C=O) groups excluding carboxylic acids is 1. The number of rotatable bonds is 2. The highest BCUT2D eigenvalue weighted by Crippen LogP contribution is 2.47. The molecule has 2 aromatic heterocycles. The van der Waals surface area contributed by atoms with E-state index < -0.39 is 5.97 Å². The topological polar surface area (TPSA) is 54.4 Å². The Morgan fingerprint density at radius 2 is 1.11 bits per heavy atom. The van der Waals surface area contributed by atoms with Crippen LogP contribution in [-0.4, -0.2) is 16.9 Å². The Morgan fingerprint density at radius 3 is 1.82 bits per heavy atom. The fraction of sp³-hybridized carbons (Fsp3) is 0. The maximum atomic E-state index is 12.7. The van der Waals surface area contributed by atoms with E-state index in [-0.39, 0.29) is 5.78 Å². The summed E-state index contributed by atoms with van der Waals surface area (Å²) in [6, 6.07) is 38.2. The molecule has 1 aliphatic rings. The SMILES string of the molecule is O=C(O)c1cc(Br)ccc1-c1cccc2c1sc1ccccc12.O=C1c2cc(Br)ccc2-c2c1ccc1c2sc2ccccc21. The molecule has 3 nitrogen and oxygen atoms in total. The highest BCUT2D eigenvalue weighted by atomic mass is 79.9. The molecule has 0 saturated carbocycles. The van der Waals surface area contributed by atoms with E-state index in [0.29, 0.717) is 5.56 Å². The number of hydrogen-bond acceptors (Lipinski definition) is 4. The van der Waals surface area contributed by atoms with Crippen molar-refractivity contribution in [1.29, 1.82) is 0 Å². The third kappa shape index (κ3) is 4.65. The smallest absolute Gasteiger partial charge is 0.336 e. The maximum absolute atomic E-state index is 12.7. The minimum Gasteiger partial charge on any atom is -0.478 e. The van der Waals surface area contributed by atoms with Gasteiger partial charge in [0.25, 0.3) is 0 Å². The zero-order valence-electron chi connectivity index (χ0n) is 23.3. The molecule has 0 unspecified atom stereocenters. The first kappa shape index (κ1) is 28.3. The lowest BCUT2D eigenvalue weighted by molar-refractivity contribution is 0.0697. The van der Waals surface area contributed by atoms with Gasteiger partial charge in [0, 0.05) is 71.5 Å². The van der Waals surface area contributed by atoms with Crippen LogP contribution in [0.1, 0.15) is 26.3 Å². The standard InChI is InChI=1S/C19H11BrO2S.C19H9BrOS/c20-11-8-9-12(16(10-11)19(21)22)14-5-3-6-15-13-4-1-2-7-17(13)23-18(14)15;20-10-5-6-12-15(9-10)18(21)14-8-7-13-11-3-1-2-4-16(11)22-19(13)17(12)14/h1-10H,(H,21,22);1-9H. The van der Waals surface area contributed by atoms with Crippen LogP contribution in [0.3, 0.4) is 0 Å². The second-order valence-electron chi connectivity index (χ2n) is 10.8. The van der Waals surface area contributed by atoms with Crippen LogP contribution in [0, 0.1) is 0 Å². The first-order chi connectivity index (χ1) is 21.9. The molecule has 0 amide bonds. The number of carboxylic acids is 1. The van der Waals surface area contributed by atoms with Crippen molar-refractivity contribution < 1.29 is 14.7 Å². The highest BCUT2D eigenvalue weighted by Gasteiger charge is 2.29. The Hall–Kier alpha value is -4.14. The van der Waals surface area contributed by atoms with E-state index in [0.717, 1.165) is 47.0 Å². The molecule has 6 aromatic carbocycles. The van der Waals surface area contributed by atoms with Gasteiger partial charge in [-0.2, -0.15) is 0 Å². The fourth-order valence-corrected chi connectivity index (χ4v) is 9.42. The van der Waals surface area contributed by atoms with Crippen molar-refractivity contribution in [2.45, 2.75) is 0 Å². The van der Waals surface area contributed by atoms with Crippen LogP contribution in [-0.2, 0) is 0 Å². The number of halogens is 2. The lowest BCUT2D eigenvalue weighted by Crippen LogP contribution is -1.99. The van der Waals surface area contributed by atoms with Gasteiger partial charge in [-0.1, -0.05) is 105 Å². The third-order valence-electron chi connectivity index (χ3n) is 8.19. The number of carbonyl (C=O) groups is 2. The zero-order valence-corrected chi connectivity index (χ0v) is 28.1. The van der Waals surface area contributed by atoms with Crippen molar-refractivity contribution in [2.24, 2.45) is 0 Å². The maximum Gasteiger partial charge on any atom is 0.336 e. The van der Waals surface area contributed by atoms with E-state index in [1.807, 2.05) is 60.7 Å². The molecule has 9 rings (SSSR count). The lowest BCUT2D eigenvalue weighted by atomic mass is 9.98. The van der Waals surface area contributed by atoms with Gasteiger partial charge in [0.15, 0.2) is 5.78 Å². The van der Waals surface area contributed by atoms with Gasteiger partial charge in [-0.25, -0.2) is 4.79 Å². The molecule has 0 fully saturated rings. The molecule has 7 heteroatoms. The van der Waals surface area contributed by atoms with E-state index in [1.165, 1.54) is 35.6 Å². The first-order valence-corrected chi connectivity index (χ1v) is 17.3. The fourth-order valence-electron chi connectivity index (χ4n) is 6.20. The minimum atomic E-state index is -0.917. The van der Waals surface area contributed by atoms with Crippen molar-refractivity contribution >= 4 is 107 Å². The lowest BCUT2D eigenvalue weighted by Gasteiger charge is -2.08. The Kier molecular flexibility index (Phi) is 6.95. The van der Waals surface area contributed by atoms with Gasteiger partial charge in [0.05, 0.1) is 5.56 Å². The summed E-state index contributed by atoms with van der Waals surface area (Å²) in [7, 11) is 0. The number of carboxylic acid groups (broad SMARTS) is 1. The molecule has 216 valence electrons. The van der Waals surface area contributed by atoms with Gasteiger partial charge in [-0.3, -0.25) is 4.79 Å². The molecule has 0 atom stereocenters. The molecule has 2 heterocycles. The van der Waals surface area contributed by atoms with Gasteiger partial charge >= 0.3 is 5.97 Å². The number of fused-ring (bicyclic) bond motifs is 10. The highest BCUT2D eigenvalue weighted by molar-refractivity contribution is 9.10. The summed E-state index contributed by atoms with van der Waals surface area (Å²) in [5.74, 6) is -0.787. The summed E-state index contributed by atoms with van der Waals surface area (Å²) in [6.07, 6.45) is 0. The molecular formula is C38H20Br2O3S2. The van der Waals surface area contributed by atoms with Crippen LogP contribution in [0.25, 0.3) is 62.6 Å². The summed E-state index contributed by atoms with van der Waals surface area (Å²) in [4.78, 5) is 24.3. The van der Waals surface area contributed by atoms with Gasteiger partial charge < -0.3 is 5.11 Å². The van der Waals surface area contributed by atoms with E-state index in [9.17, 15) is 14.7 Å². The van der Waals surface area contributed by atoms with Gasteiger partial charge in [0.1, 0.15) is 0 Å². The van der Waals surface area contributed by atoms with Crippen molar-refractivity contribution in [3.63, 3.8) is 0 Å². The predicted molar refractivity (Wildman–Crippen MR) is 195 cm³/mol. The summed E-state index contributed by atoms with van der Waals surface area (Å²) in [5, 5.41) is 14.4. The third-order valence-corrected chi connectivity index (χ3v) is 11.6. The molecule has 8 aromatic rings. The summed E-state index contributed by atoms with van der Waals surface area (Å²) in [5.41, 5.74) is 5.81. The number of benzene rings is 6. The van der Waals surface area contributed by atoms with Gasteiger partial charge in [-0.15, -0.1) is 22.7 Å². The number of thiophene rings is 2. The predicted octanol–water partition coefficient (Wildman–Crippen LogP) is 12.2. The summed E-state index contributed by atoms with van der Waals surface area (Å²) in [6.45, 7) is 0. The Morgan fingerprint density at radius 1 is 0.533 bits per heavy atom. The van der Waals surface area contributed by atoms with E-state index in [4.69, 9.17) is 0 Å². The van der Waals surface area contributed by atoms with Crippen LogP contribution in [0.5, 0.6) is 0 Å². The van der Waals surface area contributed by atoms with Crippen LogP contribution >= 0.6 is 54.5 Å². The largest absolute Gasteiger partial charge is 0.478 e. The van der Waals surface area contributed by atoms with Gasteiger partial charge in [-0.05, 0) is 53.6 Å². The molecular weight excluding hydrogens is 728 g/mol. The number of ketones is 1. The molecule has 0 saturated heterocycles. The average Bonchev–Trinajstić information content (AvgIpc) is 3.71. The molecule has 0 bridgehead atoms. The van der Waals surface area contributed by atoms with E-state index >= 15 is 0 Å². The Balaban J connectivity index is 0.000000134. The number of hydrogen-bond donors (Lipinski definition) is 1. The molecule has 45 heavy (non-hydrogen) atoms. The summed E-state index contributed by atoms with van der Waals surface area (Å²) < 4.78 is 6.53. The zero-order chi connectivity index (χ0) is 30.8. The normalized spacial score (nSPS) is 12.0. The van der Waals surface area contributed by atoms with Crippen LogP contribution in [0.15, 0.2) is 124 Å². The molecule has 1 N–H and O–H groups in total. The Bertz CT molecular complexity index is 2530. The second kappa shape index (κ2) is 11.0. The van der Waals surface area contributed by atoms with Crippen molar-refractivity contribution in [2.75, 3.05) is 0 Å². The van der Waals surface area contributed by atoms with Crippen LogP contribution in [0.4, 0.5) is 0 Å². The van der Waals surface area contributed by atoms with E-state index in [1.54, 1.807) is 28.7 Å². The van der Waals surface area contributed by atoms with Gasteiger partial charge in [0.2, 0.25) is 0 Å². The van der Waals surface area contributed by atoms with E-state index in [2.05, 4.69) is 80.4 Å². The molecule has 0 radical (unpaired) electrons. The molecule has 0 aliphatic heterocycles. The monoisotopic (exact) mass is 746 g/mol. The Labute approximate surface area is 282 Å².